The predicted molar refractivity (Wildman–Crippen MR) is 77.8 cm³/mol. The summed E-state index contributed by atoms with van der Waals surface area (Å²) in [5.41, 5.74) is 0.366. The molecule has 1 heterocycles. The molecule has 110 valence electrons. The second-order valence-electron chi connectivity index (χ2n) is 6.89. The molecule has 20 heavy (non-hydrogen) atoms. The maximum atomic E-state index is 12.2. The first kappa shape index (κ1) is 15.0. The van der Waals surface area contributed by atoms with Gasteiger partial charge in [-0.3, -0.25) is 9.59 Å². The fourth-order valence-electron chi connectivity index (χ4n) is 2.45. The number of hydrogen-bond donors (Lipinski definition) is 2. The van der Waals surface area contributed by atoms with Crippen molar-refractivity contribution in [2.24, 2.45) is 17.3 Å². The molecule has 1 aliphatic carbocycles. The van der Waals surface area contributed by atoms with E-state index in [1.807, 2.05) is 5.38 Å². The largest absolute Gasteiger partial charge is 0.481 e. The number of nitrogens with zero attached hydrogens (tertiary/aromatic N) is 1. The molecular formula is C14H20N2O3S. The van der Waals surface area contributed by atoms with Crippen LogP contribution >= 0.6 is 11.3 Å². The zero-order valence-electron chi connectivity index (χ0n) is 12.4. The van der Waals surface area contributed by atoms with E-state index in [0.717, 1.165) is 5.69 Å². The SMILES string of the molecule is CC(C)(C)c1csc(NC(=O)[C@H]2[C@@H](C(=O)O)C2(C)C)n1. The summed E-state index contributed by atoms with van der Waals surface area (Å²) in [5.74, 6) is -2.26. The summed E-state index contributed by atoms with van der Waals surface area (Å²) in [7, 11) is 0. The van der Waals surface area contributed by atoms with E-state index in [-0.39, 0.29) is 11.3 Å². The molecule has 0 radical (unpaired) electrons. The molecule has 1 aromatic rings. The van der Waals surface area contributed by atoms with Crippen LogP contribution in [0, 0.1) is 17.3 Å². The number of anilines is 1. The van der Waals surface area contributed by atoms with Crippen molar-refractivity contribution in [3.8, 4) is 0 Å². The van der Waals surface area contributed by atoms with Crippen molar-refractivity contribution in [3.05, 3.63) is 11.1 Å². The van der Waals surface area contributed by atoms with E-state index in [0.29, 0.717) is 5.13 Å². The van der Waals surface area contributed by atoms with E-state index in [1.54, 1.807) is 13.8 Å². The molecule has 1 amide bonds. The van der Waals surface area contributed by atoms with E-state index >= 15 is 0 Å². The molecule has 0 bridgehead atoms. The van der Waals surface area contributed by atoms with Crippen LogP contribution in [0.25, 0.3) is 0 Å². The molecule has 1 aromatic heterocycles. The lowest BCUT2D eigenvalue weighted by atomic mass is 9.93. The summed E-state index contributed by atoms with van der Waals surface area (Å²) < 4.78 is 0. The van der Waals surface area contributed by atoms with Crippen molar-refractivity contribution < 1.29 is 14.7 Å². The van der Waals surface area contributed by atoms with Crippen LogP contribution in [-0.2, 0) is 15.0 Å². The van der Waals surface area contributed by atoms with Crippen molar-refractivity contribution in [1.82, 2.24) is 4.98 Å². The molecule has 2 rings (SSSR count). The zero-order valence-corrected chi connectivity index (χ0v) is 13.2. The second kappa shape index (κ2) is 4.55. The minimum Gasteiger partial charge on any atom is -0.481 e. The van der Waals surface area contributed by atoms with Gasteiger partial charge in [0.25, 0.3) is 0 Å². The third kappa shape index (κ3) is 2.57. The molecule has 2 N–H and O–H groups in total. The Morgan fingerprint density at radius 1 is 1.35 bits per heavy atom. The monoisotopic (exact) mass is 296 g/mol. The lowest BCUT2D eigenvalue weighted by molar-refractivity contribution is -0.140. The van der Waals surface area contributed by atoms with Gasteiger partial charge in [0.1, 0.15) is 0 Å². The van der Waals surface area contributed by atoms with Gasteiger partial charge in [0.15, 0.2) is 5.13 Å². The van der Waals surface area contributed by atoms with Crippen molar-refractivity contribution in [2.75, 3.05) is 5.32 Å². The first-order valence-corrected chi connectivity index (χ1v) is 7.43. The molecule has 2 atom stereocenters. The van der Waals surface area contributed by atoms with Crippen molar-refractivity contribution in [3.63, 3.8) is 0 Å². The molecule has 0 spiro atoms. The van der Waals surface area contributed by atoms with Gasteiger partial charge in [-0.25, -0.2) is 4.98 Å². The van der Waals surface area contributed by atoms with Gasteiger partial charge in [-0.05, 0) is 5.41 Å². The molecule has 0 aliphatic heterocycles. The first-order valence-electron chi connectivity index (χ1n) is 6.55. The van der Waals surface area contributed by atoms with Gasteiger partial charge in [-0.1, -0.05) is 34.6 Å². The summed E-state index contributed by atoms with van der Waals surface area (Å²) in [6, 6.07) is 0. The maximum Gasteiger partial charge on any atom is 0.307 e. The Morgan fingerprint density at radius 3 is 2.35 bits per heavy atom. The van der Waals surface area contributed by atoms with Gasteiger partial charge < -0.3 is 10.4 Å². The van der Waals surface area contributed by atoms with Gasteiger partial charge >= 0.3 is 5.97 Å². The van der Waals surface area contributed by atoms with Crippen LogP contribution < -0.4 is 5.32 Å². The number of nitrogens with one attached hydrogen (secondary N) is 1. The van der Waals surface area contributed by atoms with Crippen molar-refractivity contribution in [1.29, 1.82) is 0 Å². The summed E-state index contributed by atoms with van der Waals surface area (Å²) in [4.78, 5) is 27.6. The second-order valence-corrected chi connectivity index (χ2v) is 7.75. The number of aromatic nitrogens is 1. The number of aliphatic carboxylic acids is 1. The average molecular weight is 296 g/mol. The fourth-order valence-corrected chi connectivity index (χ4v) is 3.39. The number of hydrogen-bond acceptors (Lipinski definition) is 4. The topological polar surface area (TPSA) is 79.3 Å². The van der Waals surface area contributed by atoms with Crippen LogP contribution in [-0.4, -0.2) is 22.0 Å². The average Bonchev–Trinajstić information content (AvgIpc) is 2.67. The molecule has 0 aromatic carbocycles. The van der Waals surface area contributed by atoms with E-state index in [4.69, 9.17) is 5.11 Å². The summed E-state index contributed by atoms with van der Waals surface area (Å²) in [5, 5.41) is 14.3. The smallest absolute Gasteiger partial charge is 0.307 e. The highest BCUT2D eigenvalue weighted by atomic mass is 32.1. The van der Waals surface area contributed by atoms with E-state index in [2.05, 4.69) is 31.1 Å². The Hall–Kier alpha value is -1.43. The number of carbonyl (C=O) groups is 2. The highest BCUT2D eigenvalue weighted by molar-refractivity contribution is 7.13. The highest BCUT2D eigenvalue weighted by Crippen LogP contribution is 2.58. The Morgan fingerprint density at radius 2 is 1.95 bits per heavy atom. The molecule has 0 saturated heterocycles. The number of rotatable bonds is 3. The molecular weight excluding hydrogens is 276 g/mol. The van der Waals surface area contributed by atoms with Gasteiger partial charge in [0.05, 0.1) is 17.5 Å². The van der Waals surface area contributed by atoms with Crippen molar-refractivity contribution in [2.45, 2.75) is 40.0 Å². The van der Waals surface area contributed by atoms with Gasteiger partial charge in [0.2, 0.25) is 5.91 Å². The summed E-state index contributed by atoms with van der Waals surface area (Å²) in [6.45, 7) is 9.77. The van der Waals surface area contributed by atoms with Crippen LogP contribution in [0.4, 0.5) is 5.13 Å². The standard InChI is InChI=1S/C14H20N2O3S/c1-13(2,3)7-6-20-12(15-7)16-10(17)8-9(11(18)19)14(8,4)5/h6,8-9H,1-5H3,(H,18,19)(H,15,16,17)/t8-,9+/m1/s1. The van der Waals surface area contributed by atoms with Gasteiger partial charge in [-0.15, -0.1) is 11.3 Å². The van der Waals surface area contributed by atoms with E-state index in [9.17, 15) is 9.59 Å². The maximum absolute atomic E-state index is 12.2. The Kier molecular flexibility index (Phi) is 3.40. The number of amides is 1. The van der Waals surface area contributed by atoms with Gasteiger partial charge in [-0.2, -0.15) is 0 Å². The predicted octanol–water partition coefficient (Wildman–Crippen LogP) is 2.74. The van der Waals surface area contributed by atoms with E-state index < -0.39 is 23.2 Å². The van der Waals surface area contributed by atoms with Crippen LogP contribution in [0.2, 0.25) is 0 Å². The molecule has 1 fully saturated rings. The number of thiazole rings is 1. The molecule has 1 saturated carbocycles. The highest BCUT2D eigenvalue weighted by Gasteiger charge is 2.66. The third-order valence-corrected chi connectivity index (χ3v) is 4.64. The van der Waals surface area contributed by atoms with Crippen LogP contribution in [0.15, 0.2) is 5.38 Å². The normalized spacial score (nSPS) is 24.2. The fraction of sp³-hybridized carbons (Fsp3) is 0.643. The van der Waals surface area contributed by atoms with Gasteiger partial charge in [0, 0.05) is 10.8 Å². The molecule has 5 nitrogen and oxygen atoms in total. The Balaban J connectivity index is 2.07. The Labute approximate surface area is 122 Å². The van der Waals surface area contributed by atoms with Crippen molar-refractivity contribution >= 4 is 28.3 Å². The molecule has 0 unspecified atom stereocenters. The summed E-state index contributed by atoms with van der Waals surface area (Å²) in [6.07, 6.45) is 0. The number of carboxylic acid groups (broad SMARTS) is 1. The number of carbonyl (C=O) groups excluding carboxylic acids is 1. The number of carboxylic acids is 1. The lowest BCUT2D eigenvalue weighted by Crippen LogP contribution is -2.18. The minimum atomic E-state index is -0.912. The molecule has 6 heteroatoms. The summed E-state index contributed by atoms with van der Waals surface area (Å²) >= 11 is 1.37. The quantitative estimate of drug-likeness (QED) is 0.899. The zero-order chi connectivity index (χ0) is 15.3. The van der Waals surface area contributed by atoms with Crippen LogP contribution in [0.3, 0.4) is 0 Å². The Bertz CT molecular complexity index is 557. The van der Waals surface area contributed by atoms with Crippen LogP contribution in [0.5, 0.6) is 0 Å². The minimum absolute atomic E-state index is 0.0675. The molecule has 1 aliphatic rings. The van der Waals surface area contributed by atoms with Crippen LogP contribution in [0.1, 0.15) is 40.3 Å². The first-order chi connectivity index (χ1) is 9.05. The third-order valence-electron chi connectivity index (χ3n) is 3.88. The van der Waals surface area contributed by atoms with E-state index in [1.165, 1.54) is 11.3 Å². The lowest BCUT2D eigenvalue weighted by Gasteiger charge is -2.14.